The Hall–Kier alpha value is -1.52. The third kappa shape index (κ3) is 4.55. The van der Waals surface area contributed by atoms with E-state index in [0.717, 1.165) is 55.6 Å². The average molecular weight is 476 g/mol. The van der Waals surface area contributed by atoms with Crippen molar-refractivity contribution in [1.82, 2.24) is 30.6 Å². The molecule has 0 radical (unpaired) electrons. The normalized spacial score (nSPS) is 10.6. The quantitative estimate of drug-likeness (QED) is 0.415. The van der Waals surface area contributed by atoms with Gasteiger partial charge in [-0.2, -0.15) is 15.3 Å². The molecule has 0 fully saturated rings. The van der Waals surface area contributed by atoms with Gasteiger partial charge in [0, 0.05) is 33.6 Å². The van der Waals surface area contributed by atoms with Crippen LogP contribution >= 0.6 is 12.4 Å². The topological polar surface area (TPSA) is 86.0 Å². The molecule has 0 saturated carbocycles. The number of hydrogen-bond acceptors (Lipinski definition) is 3. The second-order valence-corrected chi connectivity index (χ2v) is 7.24. The summed E-state index contributed by atoms with van der Waals surface area (Å²) in [6, 6.07) is 0. The molecule has 3 rings (SSSR count). The van der Waals surface area contributed by atoms with Crippen LogP contribution in [0.1, 0.15) is 75.7 Å². The Balaban J connectivity index is 0.00000225. The molecule has 3 aromatic heterocycles. The van der Waals surface area contributed by atoms with Crippen LogP contribution in [0.3, 0.4) is 0 Å². The van der Waals surface area contributed by atoms with Gasteiger partial charge in [0.25, 0.3) is 6.71 Å². The van der Waals surface area contributed by atoms with Crippen LogP contribution in [-0.2, 0) is 55.0 Å². The molecule has 0 aromatic carbocycles. The Kier molecular flexibility index (Phi) is 10.4. The third-order valence-electron chi connectivity index (χ3n) is 5.82. The van der Waals surface area contributed by atoms with E-state index in [1.807, 2.05) is 0 Å². The minimum Gasteiger partial charge on any atom is -0.283 e. The van der Waals surface area contributed by atoms with Gasteiger partial charge in [-0.05, 0) is 54.9 Å². The minimum atomic E-state index is 0. The summed E-state index contributed by atoms with van der Waals surface area (Å²) in [4.78, 5) is 0. The maximum Gasteiger partial charge on any atom is 0.255 e. The van der Waals surface area contributed by atoms with Gasteiger partial charge < -0.3 is 0 Å². The summed E-state index contributed by atoms with van der Waals surface area (Å²) < 4.78 is 0. The van der Waals surface area contributed by atoms with Crippen molar-refractivity contribution in [2.24, 2.45) is 0 Å². The summed E-state index contributed by atoms with van der Waals surface area (Å²) in [5.74, 6) is 0. The molecule has 0 aliphatic rings. The molecule has 0 bridgehead atoms. The molecule has 6 nitrogen and oxygen atoms in total. The van der Waals surface area contributed by atoms with Crippen molar-refractivity contribution in [3.8, 4) is 0 Å². The Labute approximate surface area is 196 Å². The van der Waals surface area contributed by atoms with Crippen LogP contribution in [0.2, 0.25) is 0 Å². The fourth-order valence-corrected chi connectivity index (χ4v) is 4.36. The standard InChI is InChI=1S/C21H33BN6.ClH.Ni/c1-7-13-19(14(8-2)24-23-13)22(20-15(9-3)25-26-16(20)10-4)21-17(11-5)27-28-18(21)12-6;;/h7-12H2,1-6H3,(H,23,24)(H,25,26)(H,27,28);1H;. The van der Waals surface area contributed by atoms with Crippen molar-refractivity contribution in [2.45, 2.75) is 80.1 Å². The van der Waals surface area contributed by atoms with Crippen LogP contribution < -0.4 is 16.4 Å². The number of hydrogen-bond donors (Lipinski definition) is 3. The first-order valence-corrected chi connectivity index (χ1v) is 10.8. The molecule has 30 heavy (non-hydrogen) atoms. The van der Waals surface area contributed by atoms with Crippen molar-refractivity contribution >= 4 is 35.5 Å². The van der Waals surface area contributed by atoms with E-state index in [9.17, 15) is 0 Å². The van der Waals surface area contributed by atoms with Gasteiger partial charge in [-0.25, -0.2) is 0 Å². The zero-order valence-corrected chi connectivity index (χ0v) is 20.7. The van der Waals surface area contributed by atoms with E-state index in [2.05, 4.69) is 72.1 Å². The van der Waals surface area contributed by atoms with Crippen LogP contribution in [-0.4, -0.2) is 37.3 Å². The Morgan fingerprint density at radius 3 is 1.00 bits per heavy atom. The Morgan fingerprint density at radius 1 is 0.533 bits per heavy atom. The minimum absolute atomic E-state index is 0. The number of nitrogens with zero attached hydrogens (tertiary/aromatic N) is 3. The number of halogens is 1. The van der Waals surface area contributed by atoms with Crippen LogP contribution in [0, 0.1) is 0 Å². The Morgan fingerprint density at radius 2 is 0.800 bits per heavy atom. The van der Waals surface area contributed by atoms with Gasteiger partial charge >= 0.3 is 0 Å². The summed E-state index contributed by atoms with van der Waals surface area (Å²) in [7, 11) is 0. The van der Waals surface area contributed by atoms with Gasteiger partial charge in [-0.3, -0.25) is 15.3 Å². The molecule has 168 valence electrons. The van der Waals surface area contributed by atoms with Gasteiger partial charge in [0.1, 0.15) is 0 Å². The molecule has 0 atom stereocenters. The van der Waals surface area contributed by atoms with E-state index in [-0.39, 0.29) is 35.6 Å². The van der Waals surface area contributed by atoms with Crippen molar-refractivity contribution in [3.63, 3.8) is 0 Å². The molecule has 0 spiro atoms. The second kappa shape index (κ2) is 11.8. The molecule has 3 heterocycles. The van der Waals surface area contributed by atoms with Gasteiger partial charge in [0.2, 0.25) is 0 Å². The maximum absolute atomic E-state index is 4.68. The SMILES string of the molecule is CCc1n[nH]c(CC)c1B(c1c(CC)n[nH]c1CC)c1c(CC)n[nH]c1CC.Cl.[Ni]. The summed E-state index contributed by atoms with van der Waals surface area (Å²) in [6.07, 6.45) is 5.51. The van der Waals surface area contributed by atoms with E-state index < -0.39 is 0 Å². The molecular formula is C21H34BClN6Ni. The molecule has 0 amide bonds. The first-order chi connectivity index (χ1) is 13.6. The average Bonchev–Trinajstić information content (AvgIpc) is 3.44. The van der Waals surface area contributed by atoms with Crippen molar-refractivity contribution < 1.29 is 16.5 Å². The number of aromatic amines is 3. The van der Waals surface area contributed by atoms with Crippen molar-refractivity contribution in [2.75, 3.05) is 0 Å². The van der Waals surface area contributed by atoms with Gasteiger partial charge in [-0.15, -0.1) is 12.4 Å². The summed E-state index contributed by atoms with van der Waals surface area (Å²) in [6.45, 7) is 13.2. The summed E-state index contributed by atoms with van der Waals surface area (Å²) in [5.41, 5.74) is 11.1. The maximum atomic E-state index is 4.68. The van der Waals surface area contributed by atoms with E-state index in [1.54, 1.807) is 0 Å². The number of aryl methyl sites for hydroxylation is 6. The van der Waals surface area contributed by atoms with Gasteiger partial charge in [-0.1, -0.05) is 41.5 Å². The van der Waals surface area contributed by atoms with Crippen molar-refractivity contribution in [1.29, 1.82) is 0 Å². The zero-order chi connectivity index (χ0) is 20.3. The molecule has 0 unspecified atom stereocenters. The van der Waals surface area contributed by atoms with E-state index in [0.29, 0.717) is 0 Å². The summed E-state index contributed by atoms with van der Waals surface area (Å²) in [5, 5.41) is 24.0. The smallest absolute Gasteiger partial charge is 0.255 e. The predicted octanol–water partition coefficient (Wildman–Crippen LogP) is 2.17. The fraction of sp³-hybridized carbons (Fsp3) is 0.571. The number of H-pyrrole nitrogens is 3. The van der Waals surface area contributed by atoms with Crippen LogP contribution in [0.15, 0.2) is 0 Å². The van der Waals surface area contributed by atoms with Gasteiger partial charge in [0.15, 0.2) is 0 Å². The number of nitrogens with one attached hydrogen (secondary N) is 3. The first kappa shape index (κ1) is 26.5. The Bertz CT molecular complexity index is 748. The van der Waals surface area contributed by atoms with E-state index >= 15 is 0 Å². The molecule has 0 aliphatic heterocycles. The molecule has 0 aliphatic carbocycles. The third-order valence-corrected chi connectivity index (χ3v) is 5.82. The fourth-order valence-electron chi connectivity index (χ4n) is 4.36. The first-order valence-electron chi connectivity index (χ1n) is 10.8. The van der Waals surface area contributed by atoms with Gasteiger partial charge in [0.05, 0.1) is 17.1 Å². The monoisotopic (exact) mass is 474 g/mol. The van der Waals surface area contributed by atoms with E-state index in [1.165, 1.54) is 33.5 Å². The molecule has 3 N–H and O–H groups in total. The van der Waals surface area contributed by atoms with E-state index in [4.69, 9.17) is 0 Å². The molecular weight excluding hydrogens is 441 g/mol. The second-order valence-electron chi connectivity index (χ2n) is 7.24. The molecule has 0 saturated heterocycles. The van der Waals surface area contributed by atoms with Crippen LogP contribution in [0.4, 0.5) is 0 Å². The van der Waals surface area contributed by atoms with Crippen LogP contribution in [0.5, 0.6) is 0 Å². The molecule has 9 heteroatoms. The predicted molar refractivity (Wildman–Crippen MR) is 124 cm³/mol. The zero-order valence-electron chi connectivity index (χ0n) is 18.9. The number of rotatable bonds is 9. The van der Waals surface area contributed by atoms with Crippen LogP contribution in [0.25, 0.3) is 0 Å². The largest absolute Gasteiger partial charge is 0.283 e. The summed E-state index contributed by atoms with van der Waals surface area (Å²) >= 11 is 0. The number of aromatic nitrogens is 6. The molecule has 3 aromatic rings. The van der Waals surface area contributed by atoms with Crippen molar-refractivity contribution in [3.05, 3.63) is 34.2 Å².